The van der Waals surface area contributed by atoms with Crippen molar-refractivity contribution in [1.29, 1.82) is 0 Å². The van der Waals surface area contributed by atoms with Gasteiger partial charge >= 0.3 is 6.18 Å². The van der Waals surface area contributed by atoms with Crippen LogP contribution in [0.15, 0.2) is 18.2 Å². The number of carbonyl (C=O) groups is 1. The fourth-order valence-electron chi connectivity index (χ4n) is 2.28. The van der Waals surface area contributed by atoms with E-state index in [0.29, 0.717) is 18.7 Å². The molecule has 0 aromatic heterocycles. The quantitative estimate of drug-likeness (QED) is 0.911. The van der Waals surface area contributed by atoms with Crippen molar-refractivity contribution in [2.24, 2.45) is 0 Å². The summed E-state index contributed by atoms with van der Waals surface area (Å²) in [5, 5.41) is 2.83. The maximum Gasteiger partial charge on any atom is 0.416 e. The molecule has 2 rings (SSSR count). The molecule has 3 nitrogen and oxygen atoms in total. The Labute approximate surface area is 119 Å². The molecule has 7 heteroatoms. The molecule has 0 bridgehead atoms. The van der Waals surface area contributed by atoms with E-state index in [2.05, 4.69) is 5.32 Å². The van der Waals surface area contributed by atoms with Crippen LogP contribution in [-0.4, -0.2) is 25.5 Å². The number of benzene rings is 1. The fourth-order valence-corrected chi connectivity index (χ4v) is 2.57. The smallest absolute Gasteiger partial charge is 0.310 e. The van der Waals surface area contributed by atoms with E-state index in [1.165, 1.54) is 11.0 Å². The number of alkyl halides is 3. The third-order valence-corrected chi connectivity index (χ3v) is 3.66. The minimum Gasteiger partial charge on any atom is -0.310 e. The predicted octanol–water partition coefficient (Wildman–Crippen LogP) is 3.07. The zero-order chi connectivity index (χ0) is 14.9. The minimum atomic E-state index is -4.44. The number of likely N-dealkylation sites (N-methyl/N-ethyl adjacent to an activating group) is 1. The molecule has 1 unspecified atom stereocenters. The zero-order valence-electron chi connectivity index (χ0n) is 10.8. The average molecular weight is 307 g/mol. The highest BCUT2D eigenvalue weighted by atomic mass is 35.5. The molecule has 1 N–H and O–H groups in total. The fraction of sp³-hybridized carbons (Fsp3) is 0.462. The van der Waals surface area contributed by atoms with Gasteiger partial charge in [0.25, 0.3) is 0 Å². The SMILES string of the molecule is CNC1CCCN(c2ccc(C(F)(F)F)cc2Cl)C1=O. The van der Waals surface area contributed by atoms with Crippen LogP contribution in [0.5, 0.6) is 0 Å². The third-order valence-electron chi connectivity index (χ3n) is 3.35. The maximum atomic E-state index is 12.6. The Morgan fingerprint density at radius 2 is 2.10 bits per heavy atom. The van der Waals surface area contributed by atoms with Crippen LogP contribution in [0.3, 0.4) is 0 Å². The molecular formula is C13H14ClF3N2O. The van der Waals surface area contributed by atoms with Crippen molar-refractivity contribution in [3.05, 3.63) is 28.8 Å². The zero-order valence-corrected chi connectivity index (χ0v) is 11.6. The molecule has 1 heterocycles. The van der Waals surface area contributed by atoms with Gasteiger partial charge in [-0.2, -0.15) is 13.2 Å². The second-order valence-corrected chi connectivity index (χ2v) is 5.04. The maximum absolute atomic E-state index is 12.6. The van der Waals surface area contributed by atoms with E-state index in [4.69, 9.17) is 11.6 Å². The van der Waals surface area contributed by atoms with Gasteiger partial charge in [0.05, 0.1) is 22.3 Å². The molecule has 20 heavy (non-hydrogen) atoms. The number of halogens is 4. The molecule has 1 atom stereocenters. The van der Waals surface area contributed by atoms with E-state index in [-0.39, 0.29) is 17.0 Å². The van der Waals surface area contributed by atoms with Crippen molar-refractivity contribution >= 4 is 23.2 Å². The van der Waals surface area contributed by atoms with E-state index in [1.54, 1.807) is 7.05 Å². The molecule has 1 aliphatic heterocycles. The summed E-state index contributed by atoms with van der Waals surface area (Å²) in [7, 11) is 1.68. The topological polar surface area (TPSA) is 32.3 Å². The van der Waals surface area contributed by atoms with Crippen LogP contribution in [-0.2, 0) is 11.0 Å². The summed E-state index contributed by atoms with van der Waals surface area (Å²) in [6.07, 6.45) is -2.96. The lowest BCUT2D eigenvalue weighted by molar-refractivity contribution is -0.137. The van der Waals surface area contributed by atoms with Crippen molar-refractivity contribution in [2.45, 2.75) is 25.1 Å². The Balaban J connectivity index is 2.31. The standard InChI is InChI=1S/C13H14ClF3N2O/c1-18-10-3-2-6-19(12(10)20)11-5-4-8(7-9(11)14)13(15,16)17/h4-5,7,10,18H,2-3,6H2,1H3. The highest BCUT2D eigenvalue weighted by molar-refractivity contribution is 6.34. The second-order valence-electron chi connectivity index (χ2n) is 4.64. The van der Waals surface area contributed by atoms with Gasteiger partial charge in [0, 0.05) is 6.54 Å². The molecule has 110 valence electrons. The average Bonchev–Trinajstić information content (AvgIpc) is 2.38. The van der Waals surface area contributed by atoms with E-state index in [1.807, 2.05) is 0 Å². The molecule has 1 saturated heterocycles. The van der Waals surface area contributed by atoms with Gasteiger partial charge in [-0.05, 0) is 38.1 Å². The van der Waals surface area contributed by atoms with Gasteiger partial charge in [-0.1, -0.05) is 11.6 Å². The number of carbonyl (C=O) groups excluding carboxylic acids is 1. The summed E-state index contributed by atoms with van der Waals surface area (Å²) in [5.74, 6) is -0.166. The molecule has 0 saturated carbocycles. The van der Waals surface area contributed by atoms with Crippen LogP contribution in [0.2, 0.25) is 5.02 Å². The van der Waals surface area contributed by atoms with E-state index >= 15 is 0 Å². The second kappa shape index (κ2) is 5.61. The first-order valence-corrected chi connectivity index (χ1v) is 6.58. The molecule has 1 aromatic carbocycles. The molecule has 0 spiro atoms. The summed E-state index contributed by atoms with van der Waals surface area (Å²) in [4.78, 5) is 13.6. The summed E-state index contributed by atoms with van der Waals surface area (Å²) in [5.41, 5.74) is -0.495. The van der Waals surface area contributed by atoms with Crippen LogP contribution in [0, 0.1) is 0 Å². The first-order valence-electron chi connectivity index (χ1n) is 6.20. The summed E-state index contributed by atoms with van der Waals surface area (Å²) in [6.45, 7) is 0.460. The molecule has 1 aliphatic rings. The van der Waals surface area contributed by atoms with Crippen molar-refractivity contribution in [3.8, 4) is 0 Å². The number of anilines is 1. The molecular weight excluding hydrogens is 293 g/mol. The van der Waals surface area contributed by atoms with Crippen LogP contribution in [0.1, 0.15) is 18.4 Å². The lowest BCUT2D eigenvalue weighted by Gasteiger charge is -2.32. The summed E-state index contributed by atoms with van der Waals surface area (Å²) < 4.78 is 37.8. The Bertz CT molecular complexity index is 519. The first-order chi connectivity index (χ1) is 9.34. The monoisotopic (exact) mass is 306 g/mol. The lowest BCUT2D eigenvalue weighted by Crippen LogP contribution is -2.49. The van der Waals surface area contributed by atoms with E-state index in [0.717, 1.165) is 18.6 Å². The van der Waals surface area contributed by atoms with Crippen molar-refractivity contribution in [1.82, 2.24) is 5.32 Å². The van der Waals surface area contributed by atoms with E-state index < -0.39 is 11.7 Å². The third kappa shape index (κ3) is 2.91. The molecule has 1 aromatic rings. The Morgan fingerprint density at radius 1 is 1.40 bits per heavy atom. The van der Waals surface area contributed by atoms with Gasteiger partial charge in [-0.25, -0.2) is 0 Å². The highest BCUT2D eigenvalue weighted by Crippen LogP contribution is 2.36. The van der Waals surface area contributed by atoms with Crippen LogP contribution in [0.4, 0.5) is 18.9 Å². The van der Waals surface area contributed by atoms with Crippen molar-refractivity contribution < 1.29 is 18.0 Å². The predicted molar refractivity (Wildman–Crippen MR) is 70.9 cm³/mol. The van der Waals surface area contributed by atoms with Gasteiger partial charge in [0.1, 0.15) is 0 Å². The Hall–Kier alpha value is -1.27. The number of amides is 1. The number of piperidine rings is 1. The summed E-state index contributed by atoms with van der Waals surface area (Å²) >= 11 is 5.91. The molecule has 1 fully saturated rings. The van der Waals surface area contributed by atoms with E-state index in [9.17, 15) is 18.0 Å². The van der Waals surface area contributed by atoms with Gasteiger partial charge in [0.15, 0.2) is 0 Å². The van der Waals surface area contributed by atoms with Gasteiger partial charge in [0.2, 0.25) is 5.91 Å². The van der Waals surface area contributed by atoms with Gasteiger partial charge < -0.3 is 10.2 Å². The normalized spacial score (nSPS) is 20.4. The summed E-state index contributed by atoms with van der Waals surface area (Å²) in [6, 6.07) is 2.73. The number of nitrogens with zero attached hydrogens (tertiary/aromatic N) is 1. The van der Waals surface area contributed by atoms with Gasteiger partial charge in [-0.3, -0.25) is 4.79 Å². The molecule has 0 aliphatic carbocycles. The largest absolute Gasteiger partial charge is 0.416 e. The Kier molecular flexibility index (Phi) is 4.25. The highest BCUT2D eigenvalue weighted by Gasteiger charge is 2.33. The van der Waals surface area contributed by atoms with Gasteiger partial charge in [-0.15, -0.1) is 0 Å². The molecule has 0 radical (unpaired) electrons. The Morgan fingerprint density at radius 3 is 2.65 bits per heavy atom. The molecule has 1 amide bonds. The minimum absolute atomic E-state index is 0.0649. The number of nitrogens with one attached hydrogen (secondary N) is 1. The van der Waals surface area contributed by atoms with Crippen LogP contribution < -0.4 is 10.2 Å². The van der Waals surface area contributed by atoms with Crippen molar-refractivity contribution in [2.75, 3.05) is 18.5 Å². The first kappa shape index (κ1) is 15.1. The number of hydrogen-bond acceptors (Lipinski definition) is 2. The van der Waals surface area contributed by atoms with Crippen LogP contribution >= 0.6 is 11.6 Å². The lowest BCUT2D eigenvalue weighted by atomic mass is 10.0. The van der Waals surface area contributed by atoms with Crippen LogP contribution in [0.25, 0.3) is 0 Å². The number of hydrogen-bond donors (Lipinski definition) is 1. The van der Waals surface area contributed by atoms with Crippen molar-refractivity contribution in [3.63, 3.8) is 0 Å². The number of rotatable bonds is 2.